The Balaban J connectivity index is 2.16. The molecule has 120 valence electrons. The Kier molecular flexibility index (Phi) is 3.83. The number of rotatable bonds is 4. The fraction of sp³-hybridized carbons (Fsp3) is 0.867. The van der Waals surface area contributed by atoms with E-state index in [1.165, 1.54) is 0 Å². The Morgan fingerprint density at radius 2 is 2.00 bits per heavy atom. The summed E-state index contributed by atoms with van der Waals surface area (Å²) < 4.78 is 5.80. The summed E-state index contributed by atoms with van der Waals surface area (Å²) in [5, 5.41) is 2.90. The van der Waals surface area contributed by atoms with Crippen LogP contribution in [0.5, 0.6) is 0 Å². The maximum absolute atomic E-state index is 12.8. The number of amides is 2. The van der Waals surface area contributed by atoms with Gasteiger partial charge in [0.05, 0.1) is 6.10 Å². The minimum Gasteiger partial charge on any atom is -0.377 e. The van der Waals surface area contributed by atoms with Crippen molar-refractivity contribution in [1.82, 2.24) is 5.32 Å². The van der Waals surface area contributed by atoms with Crippen molar-refractivity contribution in [3.63, 3.8) is 0 Å². The molecule has 2 aliphatic rings. The second-order valence-electron chi connectivity index (χ2n) is 7.61. The molecule has 21 heavy (non-hydrogen) atoms. The maximum atomic E-state index is 12.8. The molecule has 0 aromatic heterocycles. The van der Waals surface area contributed by atoms with Crippen LogP contribution in [-0.4, -0.2) is 35.6 Å². The van der Waals surface area contributed by atoms with Gasteiger partial charge >= 0.3 is 0 Å². The van der Waals surface area contributed by atoms with Gasteiger partial charge in [-0.25, -0.2) is 0 Å². The summed E-state index contributed by atoms with van der Waals surface area (Å²) in [4.78, 5) is 23.9. The van der Waals surface area contributed by atoms with Crippen LogP contribution in [0, 0.1) is 11.3 Å². The minimum absolute atomic E-state index is 0.0289. The average Bonchev–Trinajstić information content (AvgIpc) is 2.35. The third kappa shape index (κ3) is 2.44. The summed E-state index contributed by atoms with van der Waals surface area (Å²) in [5.41, 5.74) is 9.64. The lowest BCUT2D eigenvalue weighted by Gasteiger charge is -2.65. The summed E-state index contributed by atoms with van der Waals surface area (Å²) >= 11 is 0. The zero-order valence-electron chi connectivity index (χ0n) is 13.4. The molecule has 6 heteroatoms. The van der Waals surface area contributed by atoms with Crippen molar-refractivity contribution in [2.75, 3.05) is 6.61 Å². The maximum Gasteiger partial charge on any atom is 0.241 e. The molecule has 0 bridgehead atoms. The number of hydrogen-bond donors (Lipinski definition) is 3. The number of carbonyl (C=O) groups is 2. The van der Waals surface area contributed by atoms with E-state index in [0.717, 1.165) is 19.4 Å². The molecule has 2 rings (SSSR count). The normalized spacial score (nSPS) is 34.5. The van der Waals surface area contributed by atoms with Crippen LogP contribution in [0.25, 0.3) is 0 Å². The van der Waals surface area contributed by atoms with E-state index in [4.69, 9.17) is 16.2 Å². The third-order valence-electron chi connectivity index (χ3n) is 5.13. The highest BCUT2D eigenvalue weighted by molar-refractivity contribution is 5.90. The number of carbonyl (C=O) groups excluding carboxylic acids is 2. The van der Waals surface area contributed by atoms with Crippen LogP contribution < -0.4 is 16.8 Å². The molecule has 1 saturated heterocycles. The highest BCUT2D eigenvalue weighted by Gasteiger charge is 2.70. The first kappa shape index (κ1) is 16.2. The number of fused-ring (bicyclic) bond motifs is 1. The number of nitrogens with two attached hydrogens (primary N) is 2. The van der Waals surface area contributed by atoms with Crippen molar-refractivity contribution in [2.24, 2.45) is 22.8 Å². The van der Waals surface area contributed by atoms with E-state index in [9.17, 15) is 9.59 Å². The van der Waals surface area contributed by atoms with Crippen molar-refractivity contribution < 1.29 is 14.3 Å². The van der Waals surface area contributed by atoms with Crippen LogP contribution >= 0.6 is 0 Å². The fourth-order valence-electron chi connectivity index (χ4n) is 3.93. The second kappa shape index (κ2) is 4.95. The lowest BCUT2D eigenvalue weighted by molar-refractivity contribution is -0.225. The largest absolute Gasteiger partial charge is 0.377 e. The van der Waals surface area contributed by atoms with Crippen LogP contribution in [0.15, 0.2) is 0 Å². The van der Waals surface area contributed by atoms with Crippen LogP contribution in [0.2, 0.25) is 0 Å². The van der Waals surface area contributed by atoms with Crippen molar-refractivity contribution in [2.45, 2.75) is 64.1 Å². The molecule has 1 heterocycles. The Labute approximate surface area is 126 Å². The molecule has 6 nitrogen and oxygen atoms in total. The Morgan fingerprint density at radius 3 is 2.57 bits per heavy atom. The first-order valence-corrected chi connectivity index (χ1v) is 7.54. The fourth-order valence-corrected chi connectivity index (χ4v) is 3.93. The number of ether oxygens (including phenoxy) is 1. The Morgan fingerprint density at radius 1 is 1.38 bits per heavy atom. The highest BCUT2D eigenvalue weighted by atomic mass is 16.5. The number of primary amides is 1. The van der Waals surface area contributed by atoms with E-state index < -0.39 is 22.4 Å². The van der Waals surface area contributed by atoms with Crippen LogP contribution in [-0.2, 0) is 14.3 Å². The predicted molar refractivity (Wildman–Crippen MR) is 79.2 cm³/mol. The van der Waals surface area contributed by atoms with Gasteiger partial charge in [0.15, 0.2) is 0 Å². The van der Waals surface area contributed by atoms with Gasteiger partial charge < -0.3 is 21.5 Å². The summed E-state index contributed by atoms with van der Waals surface area (Å²) in [5.74, 6) is -0.630. The van der Waals surface area contributed by atoms with Crippen LogP contribution in [0.3, 0.4) is 0 Å². The lowest BCUT2D eigenvalue weighted by atomic mass is 9.46. The van der Waals surface area contributed by atoms with Crippen molar-refractivity contribution in [3.8, 4) is 0 Å². The summed E-state index contributed by atoms with van der Waals surface area (Å²) in [6, 6.07) is 0. The van der Waals surface area contributed by atoms with Crippen LogP contribution in [0.4, 0.5) is 0 Å². The van der Waals surface area contributed by atoms with Crippen molar-refractivity contribution in [1.29, 1.82) is 0 Å². The topological polar surface area (TPSA) is 107 Å². The smallest absolute Gasteiger partial charge is 0.241 e. The van der Waals surface area contributed by atoms with Gasteiger partial charge in [-0.1, -0.05) is 13.8 Å². The standard InChI is InChI=1S/C15H27N3O3/c1-13(2,8-10(16)19)18-12(20)15(17)9-6-5-7-21-11(9)14(15,3)4/h9,11H,5-8,17H2,1-4H3,(H2,16,19)(H,18,20). The molecule has 5 N–H and O–H groups in total. The lowest BCUT2D eigenvalue weighted by Crippen LogP contribution is -2.83. The summed E-state index contributed by atoms with van der Waals surface area (Å²) in [6.07, 6.45) is 1.93. The van der Waals surface area contributed by atoms with E-state index in [2.05, 4.69) is 5.32 Å². The van der Waals surface area contributed by atoms with Gasteiger partial charge in [0.25, 0.3) is 0 Å². The molecule has 1 saturated carbocycles. The van der Waals surface area contributed by atoms with E-state index in [0.29, 0.717) is 0 Å². The highest BCUT2D eigenvalue weighted by Crippen LogP contribution is 2.57. The predicted octanol–water partition coefficient (Wildman–Crippen LogP) is 0.289. The number of hydrogen-bond acceptors (Lipinski definition) is 4. The molecule has 0 aromatic rings. The molecule has 1 aliphatic heterocycles. The van der Waals surface area contributed by atoms with E-state index >= 15 is 0 Å². The number of nitrogens with one attached hydrogen (secondary N) is 1. The molecule has 1 aliphatic carbocycles. The van der Waals surface area contributed by atoms with E-state index in [1.54, 1.807) is 13.8 Å². The van der Waals surface area contributed by atoms with Gasteiger partial charge in [0.1, 0.15) is 5.54 Å². The molecule has 0 spiro atoms. The monoisotopic (exact) mass is 297 g/mol. The van der Waals surface area contributed by atoms with Crippen LogP contribution in [0.1, 0.15) is 47.0 Å². The van der Waals surface area contributed by atoms with Gasteiger partial charge in [-0.2, -0.15) is 0 Å². The third-order valence-corrected chi connectivity index (χ3v) is 5.13. The van der Waals surface area contributed by atoms with Gasteiger partial charge in [0, 0.05) is 29.9 Å². The van der Waals surface area contributed by atoms with Crippen molar-refractivity contribution >= 4 is 11.8 Å². The molecule has 3 unspecified atom stereocenters. The average molecular weight is 297 g/mol. The van der Waals surface area contributed by atoms with Gasteiger partial charge in [0.2, 0.25) is 11.8 Å². The zero-order valence-corrected chi connectivity index (χ0v) is 13.4. The van der Waals surface area contributed by atoms with Gasteiger partial charge in [-0.15, -0.1) is 0 Å². The summed E-state index contributed by atoms with van der Waals surface area (Å²) in [6.45, 7) is 8.23. The molecule has 2 amide bonds. The zero-order chi connectivity index (χ0) is 16.1. The minimum atomic E-state index is -0.965. The van der Waals surface area contributed by atoms with Crippen molar-refractivity contribution in [3.05, 3.63) is 0 Å². The molecular formula is C15H27N3O3. The Bertz CT molecular complexity index is 461. The molecule has 2 fully saturated rings. The molecular weight excluding hydrogens is 270 g/mol. The molecule has 3 atom stereocenters. The molecule has 0 aromatic carbocycles. The second-order valence-corrected chi connectivity index (χ2v) is 7.61. The Hall–Kier alpha value is -1.14. The summed E-state index contributed by atoms with van der Waals surface area (Å²) in [7, 11) is 0. The first-order chi connectivity index (χ1) is 9.52. The quantitative estimate of drug-likeness (QED) is 0.693. The first-order valence-electron chi connectivity index (χ1n) is 7.54. The van der Waals surface area contributed by atoms with Gasteiger partial charge in [-0.05, 0) is 26.7 Å². The van der Waals surface area contributed by atoms with Gasteiger partial charge in [-0.3, -0.25) is 9.59 Å². The van der Waals surface area contributed by atoms with E-state index in [1.807, 2.05) is 13.8 Å². The molecule has 0 radical (unpaired) electrons. The SMILES string of the molecule is CC(C)(CC(N)=O)NC(=O)C1(N)C2CCCOC2C1(C)C. The van der Waals surface area contributed by atoms with E-state index in [-0.39, 0.29) is 24.3 Å².